The largest absolute Gasteiger partial charge is 0.492 e. The van der Waals surface area contributed by atoms with Crippen molar-refractivity contribution in [1.82, 2.24) is 25.3 Å². The summed E-state index contributed by atoms with van der Waals surface area (Å²) in [5, 5.41) is 11.6. The molecular weight excluding hydrogens is 482 g/mol. The van der Waals surface area contributed by atoms with Crippen LogP contribution in [-0.4, -0.2) is 77.2 Å². The number of piperazine rings is 1. The van der Waals surface area contributed by atoms with Crippen LogP contribution in [0.4, 0.5) is 0 Å². The minimum atomic E-state index is -0.449. The Morgan fingerprint density at radius 1 is 1.05 bits per heavy atom. The molecule has 1 aromatic heterocycles. The number of hydrogen-bond acceptors (Lipinski definition) is 6. The number of fused-ring (bicyclic) bond motifs is 2. The topological polar surface area (TPSA) is 108 Å². The maximum Gasteiger partial charge on any atom is 0.272 e. The number of benzene rings is 2. The molecule has 3 aliphatic rings. The van der Waals surface area contributed by atoms with E-state index in [1.165, 1.54) is 0 Å². The number of carbonyl (C=O) groups is 2. The molecule has 0 bridgehead atoms. The molecule has 6 rings (SSSR count). The third-order valence-corrected chi connectivity index (χ3v) is 8.42. The average molecular weight is 516 g/mol. The summed E-state index contributed by atoms with van der Waals surface area (Å²) in [6.45, 7) is 2.60. The second kappa shape index (κ2) is 9.87. The van der Waals surface area contributed by atoms with E-state index in [9.17, 15) is 14.4 Å². The lowest BCUT2D eigenvalue weighted by Gasteiger charge is -2.39. The first-order valence-corrected chi connectivity index (χ1v) is 13.5. The number of likely N-dealkylation sites (N-methyl/N-ethyl adjacent to an activating group) is 1. The van der Waals surface area contributed by atoms with Crippen molar-refractivity contribution in [3.05, 3.63) is 69.1 Å². The molecule has 1 saturated heterocycles. The van der Waals surface area contributed by atoms with Crippen molar-refractivity contribution in [1.29, 1.82) is 0 Å². The number of amides is 2. The number of hydrogen-bond donors (Lipinski definition) is 2. The summed E-state index contributed by atoms with van der Waals surface area (Å²) >= 11 is 0. The lowest BCUT2D eigenvalue weighted by molar-refractivity contribution is -0.139. The molecule has 2 aliphatic heterocycles. The predicted molar refractivity (Wildman–Crippen MR) is 144 cm³/mol. The fourth-order valence-corrected chi connectivity index (χ4v) is 6.27. The van der Waals surface area contributed by atoms with Gasteiger partial charge in [-0.25, -0.2) is 5.10 Å². The minimum absolute atomic E-state index is 0.0689. The molecule has 2 amide bonds. The molecule has 0 atom stereocenters. The summed E-state index contributed by atoms with van der Waals surface area (Å²) in [5.41, 5.74) is 2.63. The van der Waals surface area contributed by atoms with Gasteiger partial charge in [-0.2, -0.15) is 5.10 Å². The number of nitrogens with zero attached hydrogens (tertiary/aromatic N) is 3. The van der Waals surface area contributed by atoms with E-state index >= 15 is 0 Å². The van der Waals surface area contributed by atoms with E-state index in [2.05, 4.69) is 21.6 Å². The van der Waals surface area contributed by atoms with E-state index in [1.54, 1.807) is 6.07 Å². The number of H-pyrrole nitrogens is 1. The molecule has 0 spiro atoms. The Kier molecular flexibility index (Phi) is 6.39. The summed E-state index contributed by atoms with van der Waals surface area (Å²) in [4.78, 5) is 43.0. The highest BCUT2D eigenvalue weighted by Crippen LogP contribution is 2.34. The second-order valence-corrected chi connectivity index (χ2v) is 10.6. The molecule has 3 heterocycles. The van der Waals surface area contributed by atoms with Crippen LogP contribution in [0, 0.1) is 0 Å². The standard InChI is InChI=1S/C29H33N5O4/c1-30-29(9-4-5-10-29)28(37)34-13-11-33(12-14-34)27(36)23-17-19(16-20-8-15-38-25(20)23)18-24-21-6-2-3-7-22(21)26(35)32-31-24/h2-3,6-7,16-17,30H,4-5,8-15,18H2,1H3,(H,32,35). The zero-order valence-electron chi connectivity index (χ0n) is 21.7. The third kappa shape index (κ3) is 4.24. The van der Waals surface area contributed by atoms with Gasteiger partial charge in [0, 0.05) is 44.4 Å². The fraction of sp³-hybridized carbons (Fsp3) is 0.448. The lowest BCUT2D eigenvalue weighted by Crippen LogP contribution is -2.59. The molecule has 2 fully saturated rings. The minimum Gasteiger partial charge on any atom is -0.492 e. The van der Waals surface area contributed by atoms with Crippen LogP contribution in [0.5, 0.6) is 5.75 Å². The fourth-order valence-electron chi connectivity index (χ4n) is 6.27. The number of aromatic nitrogens is 2. The highest BCUT2D eigenvalue weighted by molar-refractivity contribution is 5.98. The molecule has 0 unspecified atom stereocenters. The highest BCUT2D eigenvalue weighted by atomic mass is 16.5. The Balaban J connectivity index is 1.22. The molecule has 2 N–H and O–H groups in total. The Morgan fingerprint density at radius 2 is 1.76 bits per heavy atom. The Morgan fingerprint density at radius 3 is 2.50 bits per heavy atom. The number of rotatable bonds is 5. The van der Waals surface area contributed by atoms with E-state index in [0.29, 0.717) is 55.9 Å². The van der Waals surface area contributed by atoms with Crippen molar-refractivity contribution < 1.29 is 14.3 Å². The van der Waals surface area contributed by atoms with Gasteiger partial charge in [0.1, 0.15) is 5.75 Å². The van der Waals surface area contributed by atoms with Gasteiger partial charge in [0.2, 0.25) is 5.91 Å². The third-order valence-electron chi connectivity index (χ3n) is 8.42. The molecule has 1 aliphatic carbocycles. The number of ether oxygens (including phenoxy) is 1. The van der Waals surface area contributed by atoms with Crippen LogP contribution in [-0.2, 0) is 17.6 Å². The molecular formula is C29H33N5O4. The van der Waals surface area contributed by atoms with E-state index in [4.69, 9.17) is 4.74 Å². The van der Waals surface area contributed by atoms with Crippen molar-refractivity contribution in [2.75, 3.05) is 39.8 Å². The molecule has 9 nitrogen and oxygen atoms in total. The second-order valence-electron chi connectivity index (χ2n) is 10.6. The molecule has 38 heavy (non-hydrogen) atoms. The number of nitrogens with one attached hydrogen (secondary N) is 2. The maximum absolute atomic E-state index is 13.7. The molecule has 9 heteroatoms. The smallest absolute Gasteiger partial charge is 0.272 e. The zero-order chi connectivity index (χ0) is 26.3. The van der Waals surface area contributed by atoms with Crippen LogP contribution in [0.15, 0.2) is 41.2 Å². The van der Waals surface area contributed by atoms with E-state index in [-0.39, 0.29) is 17.4 Å². The van der Waals surface area contributed by atoms with Gasteiger partial charge in [0.25, 0.3) is 11.5 Å². The van der Waals surface area contributed by atoms with E-state index < -0.39 is 5.54 Å². The van der Waals surface area contributed by atoms with Gasteiger partial charge < -0.3 is 19.9 Å². The van der Waals surface area contributed by atoms with Crippen molar-refractivity contribution >= 4 is 22.6 Å². The van der Waals surface area contributed by atoms with Gasteiger partial charge in [0.15, 0.2) is 0 Å². The lowest BCUT2D eigenvalue weighted by atomic mass is 9.95. The van der Waals surface area contributed by atoms with E-state index in [0.717, 1.165) is 54.3 Å². The summed E-state index contributed by atoms with van der Waals surface area (Å²) in [7, 11) is 1.88. The van der Waals surface area contributed by atoms with E-state index in [1.807, 2.05) is 41.1 Å². The van der Waals surface area contributed by atoms with Crippen molar-refractivity contribution in [3.63, 3.8) is 0 Å². The monoisotopic (exact) mass is 515 g/mol. The van der Waals surface area contributed by atoms with Gasteiger partial charge in [-0.1, -0.05) is 37.1 Å². The molecule has 1 saturated carbocycles. The van der Waals surface area contributed by atoms with Crippen LogP contribution in [0.3, 0.4) is 0 Å². The molecule has 198 valence electrons. The van der Waals surface area contributed by atoms with Crippen molar-refractivity contribution in [2.45, 2.75) is 44.1 Å². The highest BCUT2D eigenvalue weighted by Gasteiger charge is 2.43. The Labute approximate surface area is 221 Å². The SMILES string of the molecule is CNC1(C(=O)N2CCN(C(=O)c3cc(Cc4n[nH]c(=O)c5ccccc45)cc4c3OCC4)CC2)CCCC1. The van der Waals surface area contributed by atoms with Crippen LogP contribution in [0.1, 0.15) is 52.9 Å². The van der Waals surface area contributed by atoms with Crippen LogP contribution < -0.4 is 15.6 Å². The number of aromatic amines is 1. The normalized spacial score (nSPS) is 18.4. The number of carbonyl (C=O) groups excluding carboxylic acids is 2. The maximum atomic E-state index is 13.7. The summed E-state index contributed by atoms with van der Waals surface area (Å²) in [5.74, 6) is 0.758. The van der Waals surface area contributed by atoms with Crippen molar-refractivity contribution in [3.8, 4) is 5.75 Å². The summed E-state index contributed by atoms with van der Waals surface area (Å²) < 4.78 is 5.90. The van der Waals surface area contributed by atoms with Gasteiger partial charge in [-0.15, -0.1) is 0 Å². The van der Waals surface area contributed by atoms with Crippen molar-refractivity contribution in [2.24, 2.45) is 0 Å². The Hall–Kier alpha value is -3.72. The first-order chi connectivity index (χ1) is 18.5. The Bertz CT molecular complexity index is 1450. The molecule has 3 aromatic rings. The first kappa shape index (κ1) is 24.6. The molecule has 2 aromatic carbocycles. The average Bonchev–Trinajstić information content (AvgIpc) is 3.64. The molecule has 0 radical (unpaired) electrons. The first-order valence-electron chi connectivity index (χ1n) is 13.5. The predicted octanol–water partition coefficient (Wildman–Crippen LogP) is 2.27. The van der Waals surface area contributed by atoms with Gasteiger partial charge >= 0.3 is 0 Å². The van der Waals surface area contributed by atoms with Gasteiger partial charge in [-0.3, -0.25) is 14.4 Å². The van der Waals surface area contributed by atoms with Crippen LogP contribution in [0.25, 0.3) is 10.8 Å². The quantitative estimate of drug-likeness (QED) is 0.540. The van der Waals surface area contributed by atoms with Gasteiger partial charge in [0.05, 0.1) is 28.8 Å². The zero-order valence-corrected chi connectivity index (χ0v) is 21.7. The van der Waals surface area contributed by atoms with Crippen LogP contribution in [0.2, 0.25) is 0 Å². The van der Waals surface area contributed by atoms with Gasteiger partial charge in [-0.05, 0) is 43.1 Å². The summed E-state index contributed by atoms with van der Waals surface area (Å²) in [6, 6.07) is 11.4. The van der Waals surface area contributed by atoms with Crippen LogP contribution >= 0.6 is 0 Å². The summed E-state index contributed by atoms with van der Waals surface area (Å²) in [6.07, 6.45) is 5.11.